The van der Waals surface area contributed by atoms with Crippen molar-refractivity contribution < 1.29 is 9.59 Å². The average molecular weight is 332 g/mol. The number of halogens is 1. The number of hydrogen-bond donors (Lipinski definition) is 2. The fourth-order valence-electron chi connectivity index (χ4n) is 1.45. The van der Waals surface area contributed by atoms with Crippen molar-refractivity contribution in [3.8, 4) is 0 Å². The highest BCUT2D eigenvalue weighted by atomic mass is 127. The molecule has 0 aromatic heterocycles. The molecule has 1 aromatic carbocycles. The topological polar surface area (TPSA) is 86.2 Å². The number of benzene rings is 1. The summed E-state index contributed by atoms with van der Waals surface area (Å²) in [6, 6.07) is 7.49. The third-order valence-corrected chi connectivity index (χ3v) is 3.01. The maximum atomic E-state index is 11.3. The van der Waals surface area contributed by atoms with Gasteiger partial charge in [0.15, 0.2) is 0 Å². The lowest BCUT2D eigenvalue weighted by Crippen LogP contribution is -2.23. The summed E-state index contributed by atoms with van der Waals surface area (Å²) in [6.07, 6.45) is 0.533. The summed E-state index contributed by atoms with van der Waals surface area (Å²) in [5.41, 5.74) is 11.2. The monoisotopic (exact) mass is 332 g/mol. The number of carbonyl (C=O) groups is 2. The highest BCUT2D eigenvalue weighted by Gasteiger charge is 2.18. The SMILES string of the molecule is NC(=O)CCC(C(N)=O)c1ccc(I)cc1. The molecule has 0 heterocycles. The van der Waals surface area contributed by atoms with Crippen molar-refractivity contribution in [3.05, 3.63) is 33.4 Å². The lowest BCUT2D eigenvalue weighted by molar-refractivity contribution is -0.120. The number of nitrogens with two attached hydrogens (primary N) is 2. The van der Waals surface area contributed by atoms with Crippen LogP contribution >= 0.6 is 22.6 Å². The molecule has 1 unspecified atom stereocenters. The van der Waals surface area contributed by atoms with Gasteiger partial charge in [0.05, 0.1) is 5.92 Å². The van der Waals surface area contributed by atoms with Crippen LogP contribution in [0, 0.1) is 3.57 Å². The number of amides is 2. The molecule has 16 heavy (non-hydrogen) atoms. The number of rotatable bonds is 5. The first-order chi connectivity index (χ1) is 7.50. The first-order valence-corrected chi connectivity index (χ1v) is 5.91. The Hall–Kier alpha value is -1.11. The van der Waals surface area contributed by atoms with E-state index in [2.05, 4.69) is 22.6 Å². The largest absolute Gasteiger partial charge is 0.370 e. The van der Waals surface area contributed by atoms with Gasteiger partial charge in [-0.25, -0.2) is 0 Å². The van der Waals surface area contributed by atoms with Gasteiger partial charge in [-0.3, -0.25) is 9.59 Å². The Morgan fingerprint density at radius 1 is 1.19 bits per heavy atom. The zero-order chi connectivity index (χ0) is 12.1. The van der Waals surface area contributed by atoms with E-state index in [9.17, 15) is 9.59 Å². The minimum Gasteiger partial charge on any atom is -0.370 e. The molecule has 2 amide bonds. The summed E-state index contributed by atoms with van der Waals surface area (Å²) in [5.74, 6) is -1.29. The van der Waals surface area contributed by atoms with E-state index in [4.69, 9.17) is 11.5 Å². The Bertz CT molecular complexity index is 389. The molecule has 0 fully saturated rings. The lowest BCUT2D eigenvalue weighted by atomic mass is 9.93. The van der Waals surface area contributed by atoms with Crippen molar-refractivity contribution in [1.82, 2.24) is 0 Å². The molecule has 0 saturated heterocycles. The molecule has 1 aromatic rings. The molecular weight excluding hydrogens is 319 g/mol. The predicted molar refractivity (Wildman–Crippen MR) is 69.5 cm³/mol. The Morgan fingerprint density at radius 2 is 1.75 bits per heavy atom. The third kappa shape index (κ3) is 3.80. The Balaban J connectivity index is 2.81. The van der Waals surface area contributed by atoms with Gasteiger partial charge in [-0.2, -0.15) is 0 Å². The van der Waals surface area contributed by atoms with Gasteiger partial charge in [0.2, 0.25) is 11.8 Å². The van der Waals surface area contributed by atoms with Crippen molar-refractivity contribution >= 4 is 34.4 Å². The van der Waals surface area contributed by atoms with Crippen molar-refractivity contribution in [2.75, 3.05) is 0 Å². The number of primary amides is 2. The molecule has 0 bridgehead atoms. The third-order valence-electron chi connectivity index (χ3n) is 2.30. The molecule has 4 N–H and O–H groups in total. The van der Waals surface area contributed by atoms with Gasteiger partial charge in [0.1, 0.15) is 0 Å². The van der Waals surface area contributed by atoms with E-state index in [1.807, 2.05) is 24.3 Å². The Kier molecular flexibility index (Phi) is 4.72. The molecule has 0 radical (unpaired) electrons. The molecule has 86 valence electrons. The Labute approximate surface area is 108 Å². The van der Waals surface area contributed by atoms with Gasteiger partial charge in [-0.15, -0.1) is 0 Å². The van der Waals surface area contributed by atoms with E-state index >= 15 is 0 Å². The summed E-state index contributed by atoms with van der Waals surface area (Å²) in [5, 5.41) is 0. The van der Waals surface area contributed by atoms with Crippen LogP contribution in [0.5, 0.6) is 0 Å². The molecule has 0 aliphatic heterocycles. The maximum absolute atomic E-state index is 11.3. The lowest BCUT2D eigenvalue weighted by Gasteiger charge is -2.12. The van der Waals surface area contributed by atoms with Gasteiger partial charge in [0, 0.05) is 9.99 Å². The van der Waals surface area contributed by atoms with Gasteiger partial charge in [-0.05, 0) is 46.7 Å². The molecule has 5 heteroatoms. The fourth-order valence-corrected chi connectivity index (χ4v) is 1.81. The minimum absolute atomic E-state index is 0.166. The van der Waals surface area contributed by atoms with Crippen molar-refractivity contribution in [3.63, 3.8) is 0 Å². The summed E-state index contributed by atoms with van der Waals surface area (Å²) in [6.45, 7) is 0. The Morgan fingerprint density at radius 3 is 2.19 bits per heavy atom. The number of carbonyl (C=O) groups excluding carboxylic acids is 2. The van der Waals surface area contributed by atoms with E-state index in [1.54, 1.807) is 0 Å². The van der Waals surface area contributed by atoms with E-state index in [1.165, 1.54) is 0 Å². The quantitative estimate of drug-likeness (QED) is 0.792. The van der Waals surface area contributed by atoms with Crippen LogP contribution in [0.2, 0.25) is 0 Å². The van der Waals surface area contributed by atoms with Crippen LogP contribution in [0.15, 0.2) is 24.3 Å². The van der Waals surface area contributed by atoms with E-state index < -0.39 is 17.7 Å². The van der Waals surface area contributed by atoms with E-state index in [0.29, 0.717) is 6.42 Å². The van der Waals surface area contributed by atoms with Crippen LogP contribution in [-0.2, 0) is 9.59 Å². The second-order valence-corrected chi connectivity index (χ2v) is 4.76. The van der Waals surface area contributed by atoms with Crippen LogP contribution in [0.25, 0.3) is 0 Å². The first kappa shape index (κ1) is 13.0. The molecule has 0 spiro atoms. The minimum atomic E-state index is -0.440. The second-order valence-electron chi connectivity index (χ2n) is 3.51. The number of hydrogen-bond acceptors (Lipinski definition) is 2. The van der Waals surface area contributed by atoms with Gasteiger partial charge in [0.25, 0.3) is 0 Å². The zero-order valence-corrected chi connectivity index (χ0v) is 10.8. The van der Waals surface area contributed by atoms with Gasteiger partial charge in [-0.1, -0.05) is 12.1 Å². The molecule has 1 atom stereocenters. The molecule has 1 rings (SSSR count). The van der Waals surface area contributed by atoms with Crippen LogP contribution in [-0.4, -0.2) is 11.8 Å². The molecule has 4 nitrogen and oxygen atoms in total. The summed E-state index contributed by atoms with van der Waals surface area (Å²) in [7, 11) is 0. The zero-order valence-electron chi connectivity index (χ0n) is 8.65. The second kappa shape index (κ2) is 5.83. The van der Waals surface area contributed by atoms with Crippen molar-refractivity contribution in [2.45, 2.75) is 18.8 Å². The van der Waals surface area contributed by atoms with Crippen LogP contribution in [0.1, 0.15) is 24.3 Å². The maximum Gasteiger partial charge on any atom is 0.224 e. The highest BCUT2D eigenvalue weighted by Crippen LogP contribution is 2.21. The normalized spacial score (nSPS) is 12.1. The van der Waals surface area contributed by atoms with Crippen LogP contribution < -0.4 is 11.5 Å². The summed E-state index contributed by atoms with van der Waals surface area (Å²) in [4.78, 5) is 21.9. The fraction of sp³-hybridized carbons (Fsp3) is 0.273. The molecule has 0 aliphatic rings. The average Bonchev–Trinajstić information content (AvgIpc) is 2.20. The van der Waals surface area contributed by atoms with E-state index in [-0.39, 0.29) is 6.42 Å². The molecule has 0 saturated carbocycles. The van der Waals surface area contributed by atoms with E-state index in [0.717, 1.165) is 9.13 Å². The molecule has 0 aliphatic carbocycles. The van der Waals surface area contributed by atoms with Crippen LogP contribution in [0.4, 0.5) is 0 Å². The standard InChI is InChI=1S/C11H13IN2O2/c12-8-3-1-7(2-4-8)9(11(14)16)5-6-10(13)15/h1-4,9H,5-6H2,(H2,13,15)(H2,14,16). The predicted octanol–water partition coefficient (Wildman–Crippen LogP) is 1.13. The summed E-state index contributed by atoms with van der Waals surface area (Å²) >= 11 is 2.18. The van der Waals surface area contributed by atoms with Crippen LogP contribution in [0.3, 0.4) is 0 Å². The van der Waals surface area contributed by atoms with Gasteiger partial charge >= 0.3 is 0 Å². The first-order valence-electron chi connectivity index (χ1n) is 4.84. The van der Waals surface area contributed by atoms with Gasteiger partial charge < -0.3 is 11.5 Å². The molecular formula is C11H13IN2O2. The summed E-state index contributed by atoms with van der Waals surface area (Å²) < 4.78 is 1.08. The van der Waals surface area contributed by atoms with Crippen molar-refractivity contribution in [2.24, 2.45) is 11.5 Å². The van der Waals surface area contributed by atoms with Crippen molar-refractivity contribution in [1.29, 1.82) is 0 Å². The smallest absolute Gasteiger partial charge is 0.224 e. The highest BCUT2D eigenvalue weighted by molar-refractivity contribution is 14.1.